The van der Waals surface area contributed by atoms with Crippen LogP contribution in [0.5, 0.6) is 0 Å². The number of carboxylic acid groups (broad SMARTS) is 1. The normalized spacial score (nSPS) is 11.3. The molecule has 0 aliphatic rings. The maximum Gasteiger partial charge on any atom is 0.330 e. The minimum atomic E-state index is -1.17. The van der Waals surface area contributed by atoms with E-state index < -0.39 is 23.8 Å². The quantitative estimate of drug-likeness (QED) is 0.750. The number of nitrogens with one attached hydrogen (secondary N) is 2. The predicted molar refractivity (Wildman–Crippen MR) is 83.7 cm³/mol. The van der Waals surface area contributed by atoms with Crippen molar-refractivity contribution in [3.8, 4) is 0 Å². The summed E-state index contributed by atoms with van der Waals surface area (Å²) in [5, 5.41) is 14.1. The first-order chi connectivity index (χ1) is 11.1. The average Bonchev–Trinajstić information content (AvgIpc) is 2.58. The molecule has 0 aromatic heterocycles. The minimum Gasteiger partial charge on any atom is -0.479 e. The second kappa shape index (κ2) is 7.74. The van der Waals surface area contributed by atoms with Gasteiger partial charge in [0.05, 0.1) is 6.54 Å². The van der Waals surface area contributed by atoms with Crippen LogP contribution in [0.4, 0.5) is 0 Å². The first-order valence-electron chi connectivity index (χ1n) is 6.98. The van der Waals surface area contributed by atoms with Crippen molar-refractivity contribution in [1.29, 1.82) is 0 Å². The van der Waals surface area contributed by atoms with Crippen molar-refractivity contribution in [1.82, 2.24) is 10.6 Å². The van der Waals surface area contributed by atoms with Crippen molar-refractivity contribution < 1.29 is 19.5 Å². The lowest BCUT2D eigenvalue weighted by Gasteiger charge is -2.15. The van der Waals surface area contributed by atoms with E-state index >= 15 is 0 Å². The fraction of sp³-hybridized carbons (Fsp3) is 0.118. The largest absolute Gasteiger partial charge is 0.479 e. The number of carbonyl (C=O) groups excluding carboxylic acids is 2. The molecule has 2 aromatic carbocycles. The lowest BCUT2D eigenvalue weighted by atomic mass is 10.1. The third kappa shape index (κ3) is 4.67. The number of hydrogen-bond acceptors (Lipinski definition) is 3. The topological polar surface area (TPSA) is 95.5 Å². The molecule has 0 radical (unpaired) electrons. The third-order valence-electron chi connectivity index (χ3n) is 3.13. The van der Waals surface area contributed by atoms with Crippen LogP contribution in [-0.4, -0.2) is 29.4 Å². The highest BCUT2D eigenvalue weighted by molar-refractivity contribution is 5.96. The monoisotopic (exact) mass is 312 g/mol. The maximum atomic E-state index is 11.9. The minimum absolute atomic E-state index is 0.301. The molecule has 0 spiro atoms. The van der Waals surface area contributed by atoms with Crippen molar-refractivity contribution in [2.45, 2.75) is 6.04 Å². The Balaban J connectivity index is 1.93. The number of carboxylic acids is 1. The summed E-state index contributed by atoms with van der Waals surface area (Å²) in [6, 6.07) is 15.7. The van der Waals surface area contributed by atoms with Crippen LogP contribution in [0.15, 0.2) is 60.7 Å². The van der Waals surface area contributed by atoms with Gasteiger partial charge in [0.2, 0.25) is 5.91 Å². The molecule has 0 unspecified atom stereocenters. The fourth-order valence-electron chi connectivity index (χ4n) is 2.00. The highest BCUT2D eigenvalue weighted by atomic mass is 16.4. The molecule has 0 fully saturated rings. The molecule has 6 nitrogen and oxygen atoms in total. The van der Waals surface area contributed by atoms with E-state index in [0.717, 1.165) is 0 Å². The lowest BCUT2D eigenvalue weighted by Crippen LogP contribution is -2.41. The summed E-state index contributed by atoms with van der Waals surface area (Å²) in [5.41, 5.74) is 0.890. The molecule has 2 aromatic rings. The summed E-state index contributed by atoms with van der Waals surface area (Å²) in [6.45, 7) is -0.301. The molecule has 0 saturated heterocycles. The Labute approximate surface area is 133 Å². The second-order valence-corrected chi connectivity index (χ2v) is 4.80. The number of rotatable bonds is 6. The molecule has 0 saturated carbocycles. The van der Waals surface area contributed by atoms with E-state index in [9.17, 15) is 19.5 Å². The van der Waals surface area contributed by atoms with Gasteiger partial charge < -0.3 is 15.7 Å². The Morgan fingerprint density at radius 2 is 1.48 bits per heavy atom. The molecule has 118 valence electrons. The second-order valence-electron chi connectivity index (χ2n) is 4.80. The summed E-state index contributed by atoms with van der Waals surface area (Å²) in [6.07, 6.45) is 0. The van der Waals surface area contributed by atoms with E-state index in [1.807, 2.05) is 0 Å². The molecule has 0 heterocycles. The highest BCUT2D eigenvalue weighted by Gasteiger charge is 2.21. The van der Waals surface area contributed by atoms with Gasteiger partial charge in [-0.05, 0) is 17.7 Å². The van der Waals surface area contributed by atoms with Crippen LogP contribution in [0, 0.1) is 0 Å². The standard InChI is InChI=1S/C17H16N2O4/c20-14(11-18-16(21)13-9-5-2-6-10-13)19-15(17(22)23)12-7-3-1-4-8-12/h1-10,15H,11H2,(H,18,21)(H,19,20)(H,22,23)/t15-/m0/s1. The van der Waals surface area contributed by atoms with E-state index in [1.165, 1.54) is 0 Å². The molecule has 0 aliphatic carbocycles. The first kappa shape index (κ1) is 16.2. The van der Waals surface area contributed by atoms with Crippen molar-refractivity contribution in [3.05, 3.63) is 71.8 Å². The maximum absolute atomic E-state index is 11.9. The Bertz CT molecular complexity index is 686. The Morgan fingerprint density at radius 1 is 0.913 bits per heavy atom. The number of amides is 2. The molecular formula is C17H16N2O4. The van der Waals surface area contributed by atoms with Gasteiger partial charge in [0.1, 0.15) is 0 Å². The average molecular weight is 312 g/mol. The van der Waals surface area contributed by atoms with E-state index in [-0.39, 0.29) is 6.54 Å². The third-order valence-corrected chi connectivity index (χ3v) is 3.13. The fourth-order valence-corrected chi connectivity index (χ4v) is 2.00. The van der Waals surface area contributed by atoms with Gasteiger partial charge >= 0.3 is 5.97 Å². The van der Waals surface area contributed by atoms with E-state index in [4.69, 9.17) is 0 Å². The SMILES string of the molecule is O=C(CNC(=O)c1ccccc1)N[C@H](C(=O)O)c1ccccc1. The van der Waals surface area contributed by atoms with Crippen LogP contribution in [-0.2, 0) is 9.59 Å². The molecule has 0 bridgehead atoms. The number of benzene rings is 2. The molecule has 23 heavy (non-hydrogen) atoms. The van der Waals surface area contributed by atoms with Gasteiger partial charge in [-0.3, -0.25) is 9.59 Å². The Hall–Kier alpha value is -3.15. The zero-order valence-electron chi connectivity index (χ0n) is 12.2. The molecule has 2 rings (SSSR count). The van der Waals surface area contributed by atoms with Crippen molar-refractivity contribution >= 4 is 17.8 Å². The summed E-state index contributed by atoms with van der Waals surface area (Å²) in [4.78, 5) is 35.0. The molecule has 0 aliphatic heterocycles. The van der Waals surface area contributed by atoms with Crippen LogP contribution in [0.25, 0.3) is 0 Å². The molecule has 1 atom stereocenters. The van der Waals surface area contributed by atoms with Gasteiger partial charge in [-0.2, -0.15) is 0 Å². The van der Waals surface area contributed by atoms with Crippen LogP contribution in [0.2, 0.25) is 0 Å². The summed E-state index contributed by atoms with van der Waals surface area (Å²) in [7, 11) is 0. The van der Waals surface area contributed by atoms with Gasteiger partial charge in [-0.25, -0.2) is 4.79 Å². The number of aliphatic carboxylic acids is 1. The van der Waals surface area contributed by atoms with Crippen LogP contribution in [0.1, 0.15) is 22.0 Å². The van der Waals surface area contributed by atoms with Gasteiger partial charge in [-0.1, -0.05) is 48.5 Å². The summed E-state index contributed by atoms with van der Waals surface area (Å²) >= 11 is 0. The summed E-state index contributed by atoms with van der Waals surface area (Å²) in [5.74, 6) is -2.14. The molecular weight excluding hydrogens is 296 g/mol. The first-order valence-corrected chi connectivity index (χ1v) is 6.98. The Morgan fingerprint density at radius 3 is 2.04 bits per heavy atom. The number of carbonyl (C=O) groups is 3. The highest BCUT2D eigenvalue weighted by Crippen LogP contribution is 2.12. The lowest BCUT2D eigenvalue weighted by molar-refractivity contribution is -0.141. The van der Waals surface area contributed by atoms with E-state index in [1.54, 1.807) is 60.7 Å². The van der Waals surface area contributed by atoms with E-state index in [2.05, 4.69) is 10.6 Å². The Kier molecular flexibility index (Phi) is 5.46. The van der Waals surface area contributed by atoms with Crippen LogP contribution in [0.3, 0.4) is 0 Å². The predicted octanol–water partition coefficient (Wildman–Crippen LogP) is 1.36. The molecule has 2 amide bonds. The van der Waals surface area contributed by atoms with Gasteiger partial charge in [0.25, 0.3) is 5.91 Å². The smallest absolute Gasteiger partial charge is 0.330 e. The molecule has 6 heteroatoms. The molecule has 3 N–H and O–H groups in total. The van der Waals surface area contributed by atoms with Crippen molar-refractivity contribution in [2.75, 3.05) is 6.54 Å². The number of hydrogen-bond donors (Lipinski definition) is 3. The van der Waals surface area contributed by atoms with Crippen molar-refractivity contribution in [3.63, 3.8) is 0 Å². The van der Waals surface area contributed by atoms with Crippen LogP contribution < -0.4 is 10.6 Å². The zero-order chi connectivity index (χ0) is 16.7. The van der Waals surface area contributed by atoms with Gasteiger partial charge in [0.15, 0.2) is 6.04 Å². The van der Waals surface area contributed by atoms with E-state index in [0.29, 0.717) is 11.1 Å². The zero-order valence-corrected chi connectivity index (χ0v) is 12.2. The summed E-state index contributed by atoms with van der Waals surface area (Å²) < 4.78 is 0. The van der Waals surface area contributed by atoms with Gasteiger partial charge in [-0.15, -0.1) is 0 Å². The van der Waals surface area contributed by atoms with Crippen molar-refractivity contribution in [2.24, 2.45) is 0 Å². The van der Waals surface area contributed by atoms with Gasteiger partial charge in [0, 0.05) is 5.56 Å². The van der Waals surface area contributed by atoms with Crippen LogP contribution >= 0.6 is 0 Å².